The van der Waals surface area contributed by atoms with Crippen LogP contribution in [0, 0.1) is 5.92 Å². The fraction of sp³-hybridized carbons (Fsp3) is 0.500. The minimum absolute atomic E-state index is 0.231. The topological polar surface area (TPSA) is 26.0 Å². The molecule has 2 unspecified atom stereocenters. The van der Waals surface area contributed by atoms with Crippen molar-refractivity contribution in [2.75, 3.05) is 0 Å². The van der Waals surface area contributed by atoms with Crippen LogP contribution in [0.2, 0.25) is 0 Å². The molecule has 0 aromatic carbocycles. The summed E-state index contributed by atoms with van der Waals surface area (Å²) in [6.45, 7) is 4.20. The van der Waals surface area contributed by atoms with E-state index in [0.717, 1.165) is 0 Å². The minimum atomic E-state index is 0.231. The van der Waals surface area contributed by atoms with Crippen LogP contribution in [0.25, 0.3) is 0 Å². The molecular weight excluding hydrogens is 110 g/mol. The fourth-order valence-corrected chi connectivity index (χ4v) is 0.943. The minimum Gasteiger partial charge on any atom is -0.324 e. The molecule has 0 saturated heterocycles. The lowest BCUT2D eigenvalue weighted by molar-refractivity contribution is 0.620. The van der Waals surface area contributed by atoms with E-state index >= 15 is 0 Å². The number of hydrogen-bond donors (Lipinski definition) is 1. The first kappa shape index (κ1) is 6.56. The number of allylic oxidation sites excluding steroid dienone is 2. The Hall–Kier alpha value is -0.560. The van der Waals surface area contributed by atoms with Crippen molar-refractivity contribution < 1.29 is 0 Å². The highest BCUT2D eigenvalue weighted by Crippen LogP contribution is 2.13. The average Bonchev–Trinajstić information content (AvgIpc) is 1.80. The Balaban J connectivity index is 2.70. The highest BCUT2D eigenvalue weighted by atomic mass is 14.6. The third kappa shape index (κ3) is 1.42. The summed E-state index contributed by atoms with van der Waals surface area (Å²) in [5.41, 5.74) is 7.02. The molecule has 0 aromatic heterocycles. The van der Waals surface area contributed by atoms with Crippen molar-refractivity contribution in [2.24, 2.45) is 11.7 Å². The maximum Gasteiger partial charge on any atom is 0.0290 e. The van der Waals surface area contributed by atoms with Gasteiger partial charge in [-0.2, -0.15) is 0 Å². The maximum atomic E-state index is 5.74. The Morgan fingerprint density at radius 2 is 2.22 bits per heavy atom. The van der Waals surface area contributed by atoms with Gasteiger partial charge in [0.1, 0.15) is 0 Å². The lowest BCUT2D eigenvalue weighted by atomic mass is 9.95. The molecule has 0 fully saturated rings. The lowest BCUT2D eigenvalue weighted by Gasteiger charge is -2.16. The van der Waals surface area contributed by atoms with Gasteiger partial charge in [0, 0.05) is 6.04 Å². The predicted molar refractivity (Wildman–Crippen MR) is 40.0 cm³/mol. The van der Waals surface area contributed by atoms with E-state index in [1.54, 1.807) is 0 Å². The zero-order chi connectivity index (χ0) is 6.85. The molecule has 0 saturated carbocycles. The Morgan fingerprint density at radius 3 is 2.67 bits per heavy atom. The summed E-state index contributed by atoms with van der Waals surface area (Å²) < 4.78 is 0. The molecule has 50 valence electrons. The average molecular weight is 123 g/mol. The third-order valence-electron chi connectivity index (χ3n) is 1.73. The summed E-state index contributed by atoms with van der Waals surface area (Å²) in [7, 11) is 0. The fourth-order valence-electron chi connectivity index (χ4n) is 0.943. The van der Waals surface area contributed by atoms with Gasteiger partial charge < -0.3 is 5.73 Å². The van der Waals surface area contributed by atoms with Crippen LogP contribution in [0.15, 0.2) is 23.8 Å². The zero-order valence-corrected chi connectivity index (χ0v) is 5.96. The van der Waals surface area contributed by atoms with Crippen LogP contribution < -0.4 is 5.73 Å². The van der Waals surface area contributed by atoms with Gasteiger partial charge in [-0.1, -0.05) is 30.7 Å². The Bertz CT molecular complexity index is 156. The molecule has 1 nitrogen and oxygen atoms in total. The van der Waals surface area contributed by atoms with Gasteiger partial charge >= 0.3 is 0 Å². The van der Waals surface area contributed by atoms with Crippen molar-refractivity contribution in [2.45, 2.75) is 19.9 Å². The van der Waals surface area contributed by atoms with E-state index in [2.05, 4.69) is 32.1 Å². The van der Waals surface area contributed by atoms with E-state index in [0.29, 0.717) is 5.92 Å². The van der Waals surface area contributed by atoms with E-state index in [4.69, 9.17) is 5.73 Å². The molecule has 1 aliphatic rings. The second-order valence-electron chi connectivity index (χ2n) is 2.71. The summed E-state index contributed by atoms with van der Waals surface area (Å²) in [5, 5.41) is 0. The van der Waals surface area contributed by atoms with Gasteiger partial charge in [0.25, 0.3) is 0 Å². The van der Waals surface area contributed by atoms with Crippen molar-refractivity contribution in [3.05, 3.63) is 23.8 Å². The molecule has 2 atom stereocenters. The maximum absolute atomic E-state index is 5.74. The smallest absolute Gasteiger partial charge is 0.0290 e. The summed E-state index contributed by atoms with van der Waals surface area (Å²) in [4.78, 5) is 0. The molecular formula is C8H13N. The van der Waals surface area contributed by atoms with E-state index in [-0.39, 0.29) is 6.04 Å². The second-order valence-corrected chi connectivity index (χ2v) is 2.71. The van der Waals surface area contributed by atoms with Crippen LogP contribution in [0.4, 0.5) is 0 Å². The highest BCUT2D eigenvalue weighted by molar-refractivity contribution is 5.24. The van der Waals surface area contributed by atoms with Crippen molar-refractivity contribution >= 4 is 0 Å². The monoisotopic (exact) mass is 123 g/mol. The van der Waals surface area contributed by atoms with Gasteiger partial charge in [-0.3, -0.25) is 0 Å². The van der Waals surface area contributed by atoms with E-state index in [1.165, 1.54) is 5.57 Å². The van der Waals surface area contributed by atoms with Crippen LogP contribution in [0.3, 0.4) is 0 Å². The summed E-state index contributed by atoms with van der Waals surface area (Å²) in [5.74, 6) is 0.508. The third-order valence-corrected chi connectivity index (χ3v) is 1.73. The molecule has 0 radical (unpaired) electrons. The molecule has 0 aromatic rings. The van der Waals surface area contributed by atoms with Gasteiger partial charge in [-0.15, -0.1) is 0 Å². The Labute approximate surface area is 56.2 Å². The molecule has 1 aliphatic carbocycles. The van der Waals surface area contributed by atoms with Crippen molar-refractivity contribution in [1.82, 2.24) is 0 Å². The van der Waals surface area contributed by atoms with Crippen molar-refractivity contribution in [3.8, 4) is 0 Å². The molecule has 1 heteroatoms. The van der Waals surface area contributed by atoms with Crippen LogP contribution in [0.5, 0.6) is 0 Å². The lowest BCUT2D eigenvalue weighted by Crippen LogP contribution is -2.26. The summed E-state index contributed by atoms with van der Waals surface area (Å²) >= 11 is 0. The van der Waals surface area contributed by atoms with Crippen LogP contribution >= 0.6 is 0 Å². The van der Waals surface area contributed by atoms with Gasteiger partial charge in [0.05, 0.1) is 0 Å². The molecule has 9 heavy (non-hydrogen) atoms. The molecule has 0 heterocycles. The first-order valence-electron chi connectivity index (χ1n) is 3.32. The number of hydrogen-bond acceptors (Lipinski definition) is 1. The molecule has 0 spiro atoms. The van der Waals surface area contributed by atoms with E-state index in [9.17, 15) is 0 Å². The molecule has 1 rings (SSSR count). The normalized spacial score (nSPS) is 34.3. The SMILES string of the molecule is CC1=CC(N)C(C)C=C1. The quantitative estimate of drug-likeness (QED) is 0.518. The molecule has 2 N–H and O–H groups in total. The van der Waals surface area contributed by atoms with Crippen LogP contribution in [-0.4, -0.2) is 6.04 Å². The van der Waals surface area contributed by atoms with Crippen molar-refractivity contribution in [1.29, 1.82) is 0 Å². The van der Waals surface area contributed by atoms with Crippen molar-refractivity contribution in [3.63, 3.8) is 0 Å². The van der Waals surface area contributed by atoms with Gasteiger partial charge in [0.15, 0.2) is 0 Å². The van der Waals surface area contributed by atoms with Crippen LogP contribution in [-0.2, 0) is 0 Å². The largest absolute Gasteiger partial charge is 0.324 e. The highest BCUT2D eigenvalue weighted by Gasteiger charge is 2.09. The molecule has 0 aliphatic heterocycles. The predicted octanol–water partition coefficient (Wildman–Crippen LogP) is 1.47. The standard InChI is InChI=1S/C8H13N/c1-6-3-4-7(2)8(9)5-6/h3-5,7-8H,9H2,1-2H3. The first-order chi connectivity index (χ1) is 4.20. The van der Waals surface area contributed by atoms with Crippen LogP contribution in [0.1, 0.15) is 13.8 Å². The second kappa shape index (κ2) is 2.36. The van der Waals surface area contributed by atoms with E-state index in [1.807, 2.05) is 0 Å². The Kier molecular flexibility index (Phi) is 1.72. The van der Waals surface area contributed by atoms with E-state index < -0.39 is 0 Å². The number of rotatable bonds is 0. The Morgan fingerprint density at radius 1 is 1.56 bits per heavy atom. The molecule has 0 bridgehead atoms. The first-order valence-corrected chi connectivity index (χ1v) is 3.32. The summed E-state index contributed by atoms with van der Waals surface area (Å²) in [6, 6.07) is 0.231. The zero-order valence-electron chi connectivity index (χ0n) is 5.96. The van der Waals surface area contributed by atoms with Gasteiger partial charge in [0.2, 0.25) is 0 Å². The summed E-state index contributed by atoms with van der Waals surface area (Å²) in [6.07, 6.45) is 6.37. The van der Waals surface area contributed by atoms with Gasteiger partial charge in [-0.25, -0.2) is 0 Å². The van der Waals surface area contributed by atoms with Gasteiger partial charge in [-0.05, 0) is 12.8 Å². The number of nitrogens with two attached hydrogens (primary N) is 1. The molecule has 0 amide bonds.